The van der Waals surface area contributed by atoms with Gasteiger partial charge in [-0.1, -0.05) is 0 Å². The molecule has 0 aromatic heterocycles. The molecule has 1 aliphatic heterocycles. The molecule has 1 aromatic carbocycles. The number of halogens is 5. The number of rotatable bonds is 1. The summed E-state index contributed by atoms with van der Waals surface area (Å²) in [5.41, 5.74) is -1.10. The number of carbonyl (C=O) groups is 1. The van der Waals surface area contributed by atoms with Crippen molar-refractivity contribution < 1.29 is 31.5 Å². The van der Waals surface area contributed by atoms with Crippen molar-refractivity contribution in [2.75, 3.05) is 6.61 Å². The summed E-state index contributed by atoms with van der Waals surface area (Å²) in [6.45, 7) is -1.31. The van der Waals surface area contributed by atoms with Crippen molar-refractivity contribution in [3.8, 4) is 0 Å². The molecule has 1 amide bonds. The molecule has 8 heteroatoms. The fraction of sp³-hybridized carbons (Fsp3) is 0.300. The zero-order valence-electron chi connectivity index (χ0n) is 8.65. The fourth-order valence-corrected chi connectivity index (χ4v) is 1.62. The first-order chi connectivity index (χ1) is 8.31. The lowest BCUT2D eigenvalue weighted by Crippen LogP contribution is -2.50. The Hall–Kier alpha value is -1.86. The molecule has 0 unspecified atom stereocenters. The van der Waals surface area contributed by atoms with E-state index in [0.717, 1.165) is 0 Å². The number of hydrogen-bond acceptors (Lipinski definition) is 2. The normalized spacial score (nSPS) is 22.3. The van der Waals surface area contributed by atoms with Crippen LogP contribution in [-0.2, 0) is 4.74 Å². The van der Waals surface area contributed by atoms with Crippen LogP contribution in [-0.4, -0.2) is 18.6 Å². The van der Waals surface area contributed by atoms with Crippen LogP contribution in [0.25, 0.3) is 0 Å². The molecule has 1 atom stereocenters. The van der Waals surface area contributed by atoms with Gasteiger partial charge < -0.3 is 10.1 Å². The van der Waals surface area contributed by atoms with E-state index >= 15 is 0 Å². The van der Waals surface area contributed by atoms with Gasteiger partial charge in [-0.25, -0.2) is 26.7 Å². The molecule has 0 radical (unpaired) electrons. The predicted molar refractivity (Wildman–Crippen MR) is 48.5 cm³/mol. The summed E-state index contributed by atoms with van der Waals surface area (Å²) in [4.78, 5) is 10.8. The van der Waals surface area contributed by atoms with Crippen molar-refractivity contribution >= 4 is 6.09 Å². The van der Waals surface area contributed by atoms with Crippen molar-refractivity contribution in [2.45, 2.75) is 12.0 Å². The van der Waals surface area contributed by atoms with E-state index in [9.17, 15) is 26.7 Å². The Kier molecular flexibility index (Phi) is 2.88. The average Bonchev–Trinajstić information content (AvgIpc) is 2.22. The molecule has 1 fully saturated rings. The number of alkyl carbamates (subject to hydrolysis) is 1. The highest BCUT2D eigenvalue weighted by atomic mass is 19.3. The lowest BCUT2D eigenvalue weighted by atomic mass is 9.99. The van der Waals surface area contributed by atoms with Crippen LogP contribution in [0.15, 0.2) is 12.1 Å². The molecule has 3 nitrogen and oxygen atoms in total. The first-order valence-corrected chi connectivity index (χ1v) is 4.77. The second-order valence-corrected chi connectivity index (χ2v) is 3.70. The molecular formula is C10H6F5NO2. The molecule has 2 rings (SSSR count). The minimum absolute atomic E-state index is 0.260. The molecule has 1 heterocycles. The van der Waals surface area contributed by atoms with Crippen LogP contribution in [0, 0.1) is 17.5 Å². The van der Waals surface area contributed by atoms with E-state index in [1.54, 1.807) is 5.32 Å². The van der Waals surface area contributed by atoms with Gasteiger partial charge in [0.25, 0.3) is 0 Å². The van der Waals surface area contributed by atoms with Gasteiger partial charge in [0.1, 0.15) is 23.5 Å². The standard InChI is InChI=1S/C10H6F5NO2/c11-4-1-5(12)7(6(13)2-4)8-10(14,15)3-18-9(17)16-8/h1-2,8H,3H2,(H,16,17)/t8-/m1/s1. The van der Waals surface area contributed by atoms with E-state index in [4.69, 9.17) is 0 Å². The summed E-state index contributed by atoms with van der Waals surface area (Å²) in [6.07, 6.45) is -1.23. The number of amides is 1. The van der Waals surface area contributed by atoms with Crippen LogP contribution in [0.5, 0.6) is 0 Å². The molecule has 18 heavy (non-hydrogen) atoms. The van der Waals surface area contributed by atoms with Crippen molar-refractivity contribution in [3.05, 3.63) is 35.1 Å². The number of alkyl halides is 2. The van der Waals surface area contributed by atoms with Crippen LogP contribution in [0.1, 0.15) is 11.6 Å². The minimum Gasteiger partial charge on any atom is -0.443 e. The highest BCUT2D eigenvalue weighted by molar-refractivity contribution is 5.69. The largest absolute Gasteiger partial charge is 0.443 e. The topological polar surface area (TPSA) is 38.3 Å². The van der Waals surface area contributed by atoms with Gasteiger partial charge in [0.05, 0.1) is 5.56 Å². The Morgan fingerprint density at radius 1 is 1.22 bits per heavy atom. The van der Waals surface area contributed by atoms with Gasteiger partial charge in [0.2, 0.25) is 0 Å². The first kappa shape index (κ1) is 12.6. The van der Waals surface area contributed by atoms with E-state index in [2.05, 4.69) is 4.74 Å². The Morgan fingerprint density at radius 2 is 1.78 bits per heavy atom. The molecule has 1 saturated heterocycles. The number of nitrogens with one attached hydrogen (secondary N) is 1. The number of carbonyl (C=O) groups excluding carboxylic acids is 1. The predicted octanol–water partition coefficient (Wildman–Crippen LogP) is 2.52. The molecule has 0 saturated carbocycles. The fourth-order valence-electron chi connectivity index (χ4n) is 1.62. The Balaban J connectivity index is 2.49. The van der Waals surface area contributed by atoms with Crippen LogP contribution in [0.2, 0.25) is 0 Å². The summed E-state index contributed by atoms with van der Waals surface area (Å²) >= 11 is 0. The molecule has 1 aliphatic rings. The van der Waals surface area contributed by atoms with Crippen molar-refractivity contribution in [3.63, 3.8) is 0 Å². The Morgan fingerprint density at radius 3 is 2.33 bits per heavy atom. The summed E-state index contributed by atoms with van der Waals surface area (Å²) in [6, 6.07) is -1.72. The van der Waals surface area contributed by atoms with Gasteiger partial charge in [0.15, 0.2) is 6.61 Å². The number of hydrogen-bond donors (Lipinski definition) is 1. The monoisotopic (exact) mass is 267 g/mol. The van der Waals surface area contributed by atoms with E-state index in [1.807, 2.05) is 0 Å². The third-order valence-corrected chi connectivity index (χ3v) is 2.41. The maximum absolute atomic E-state index is 13.4. The summed E-state index contributed by atoms with van der Waals surface area (Å²) < 4.78 is 70.3. The van der Waals surface area contributed by atoms with Crippen LogP contribution in [0.4, 0.5) is 26.7 Å². The quantitative estimate of drug-likeness (QED) is 0.794. The molecule has 0 spiro atoms. The smallest absolute Gasteiger partial charge is 0.408 e. The maximum atomic E-state index is 13.4. The summed E-state index contributed by atoms with van der Waals surface area (Å²) in [5, 5.41) is 1.61. The summed E-state index contributed by atoms with van der Waals surface area (Å²) in [7, 11) is 0. The lowest BCUT2D eigenvalue weighted by molar-refractivity contribution is -0.105. The third-order valence-electron chi connectivity index (χ3n) is 2.41. The van der Waals surface area contributed by atoms with Crippen LogP contribution < -0.4 is 5.32 Å². The van der Waals surface area contributed by atoms with Gasteiger partial charge >= 0.3 is 12.0 Å². The number of benzene rings is 1. The second kappa shape index (κ2) is 4.11. The van der Waals surface area contributed by atoms with Gasteiger partial charge in [-0.3, -0.25) is 0 Å². The van der Waals surface area contributed by atoms with Crippen LogP contribution in [0.3, 0.4) is 0 Å². The van der Waals surface area contributed by atoms with Crippen molar-refractivity contribution in [2.24, 2.45) is 0 Å². The van der Waals surface area contributed by atoms with Crippen LogP contribution >= 0.6 is 0 Å². The third kappa shape index (κ3) is 2.09. The lowest BCUT2D eigenvalue weighted by Gasteiger charge is -2.32. The van der Waals surface area contributed by atoms with Gasteiger partial charge in [0, 0.05) is 12.1 Å². The van der Waals surface area contributed by atoms with Crippen molar-refractivity contribution in [1.29, 1.82) is 0 Å². The van der Waals surface area contributed by atoms with Gasteiger partial charge in [-0.2, -0.15) is 0 Å². The SMILES string of the molecule is O=C1N[C@H](c2c(F)cc(F)cc2F)C(F)(F)CO1. The molecule has 0 aliphatic carbocycles. The maximum Gasteiger partial charge on any atom is 0.408 e. The Bertz CT molecular complexity index is 482. The molecular weight excluding hydrogens is 261 g/mol. The summed E-state index contributed by atoms with van der Waals surface area (Å²) in [5.74, 6) is -7.94. The Labute approximate surface area is 97.5 Å². The second-order valence-electron chi connectivity index (χ2n) is 3.70. The zero-order chi connectivity index (χ0) is 13.5. The van der Waals surface area contributed by atoms with E-state index < -0.39 is 47.7 Å². The highest BCUT2D eigenvalue weighted by Gasteiger charge is 2.49. The van der Waals surface area contributed by atoms with E-state index in [1.165, 1.54) is 0 Å². The number of ether oxygens (including phenoxy) is 1. The van der Waals surface area contributed by atoms with Crippen molar-refractivity contribution in [1.82, 2.24) is 5.32 Å². The molecule has 1 aromatic rings. The zero-order valence-corrected chi connectivity index (χ0v) is 8.65. The van der Waals surface area contributed by atoms with Gasteiger partial charge in [-0.05, 0) is 0 Å². The van der Waals surface area contributed by atoms with Gasteiger partial charge in [-0.15, -0.1) is 0 Å². The van der Waals surface area contributed by atoms with E-state index in [0.29, 0.717) is 0 Å². The average molecular weight is 267 g/mol. The minimum atomic E-state index is -3.70. The molecule has 98 valence electrons. The molecule has 1 N–H and O–H groups in total. The molecule has 0 bridgehead atoms. The first-order valence-electron chi connectivity index (χ1n) is 4.77. The highest BCUT2D eigenvalue weighted by Crippen LogP contribution is 2.37. The number of cyclic esters (lactones) is 1. The van der Waals surface area contributed by atoms with E-state index in [-0.39, 0.29) is 12.1 Å².